The molecular weight excluding hydrogens is 244 g/mol. The smallest absolute Gasteiger partial charge is 0.355 e. The molecule has 0 fully saturated rings. The molecule has 19 heavy (non-hydrogen) atoms. The summed E-state index contributed by atoms with van der Waals surface area (Å²) in [7, 11) is 1.27. The predicted molar refractivity (Wildman–Crippen MR) is 71.7 cm³/mol. The largest absolute Gasteiger partial charge is 0.494 e. The highest BCUT2D eigenvalue weighted by molar-refractivity contribution is 6.10. The number of methoxy groups -OCH3 is 1. The second-order valence-electron chi connectivity index (χ2n) is 4.08. The van der Waals surface area contributed by atoms with Crippen LogP contribution < -0.4 is 0 Å². The van der Waals surface area contributed by atoms with Crippen molar-refractivity contribution in [2.24, 2.45) is 0 Å². The Hall–Kier alpha value is -2.56. The Morgan fingerprint density at radius 1 is 1.32 bits per heavy atom. The highest BCUT2D eigenvalue weighted by atomic mass is 16.5. The first-order chi connectivity index (χ1) is 9.06. The van der Waals surface area contributed by atoms with E-state index in [1.807, 2.05) is 30.3 Å². The molecule has 2 aromatic rings. The normalized spacial score (nSPS) is 10.2. The van der Waals surface area contributed by atoms with Crippen molar-refractivity contribution in [3.05, 3.63) is 41.6 Å². The molecule has 1 aromatic carbocycles. The Morgan fingerprint density at radius 2 is 1.95 bits per heavy atom. The lowest BCUT2D eigenvalue weighted by atomic mass is 9.99. The Kier molecular flexibility index (Phi) is 3.37. The van der Waals surface area contributed by atoms with Crippen LogP contribution in [0, 0.1) is 5.41 Å². The van der Waals surface area contributed by atoms with E-state index in [2.05, 4.69) is 4.98 Å². The zero-order valence-electron chi connectivity index (χ0n) is 10.7. The molecule has 0 atom stereocenters. The molecule has 0 aliphatic heterocycles. The Bertz CT molecular complexity index is 630. The molecule has 5 heteroatoms. The summed E-state index contributed by atoms with van der Waals surface area (Å²) in [5, 5.41) is 17.6. The molecule has 0 saturated heterocycles. The van der Waals surface area contributed by atoms with Gasteiger partial charge in [0.2, 0.25) is 0 Å². The molecule has 0 aliphatic carbocycles. The van der Waals surface area contributed by atoms with Gasteiger partial charge in [-0.3, -0.25) is 0 Å². The number of carbonyl (C=O) groups is 1. The quantitative estimate of drug-likeness (QED) is 0.584. The van der Waals surface area contributed by atoms with Crippen LogP contribution >= 0.6 is 0 Å². The fourth-order valence-electron chi connectivity index (χ4n) is 2.00. The highest BCUT2D eigenvalue weighted by Gasteiger charge is 2.24. The van der Waals surface area contributed by atoms with Crippen LogP contribution in [0.1, 0.15) is 23.0 Å². The summed E-state index contributed by atoms with van der Waals surface area (Å²) >= 11 is 0. The van der Waals surface area contributed by atoms with E-state index < -0.39 is 5.97 Å². The summed E-state index contributed by atoms with van der Waals surface area (Å²) in [6.45, 7) is 1.55. The van der Waals surface area contributed by atoms with Gasteiger partial charge in [-0.1, -0.05) is 30.3 Å². The van der Waals surface area contributed by atoms with Crippen LogP contribution in [0.3, 0.4) is 0 Å². The number of hydrogen-bond donors (Lipinski definition) is 3. The average molecular weight is 258 g/mol. The standard InChI is InChI=1S/C14H14N2O3/c1-8(15)10-11(9-6-4-3-5-7-9)12(14(18)19-2)16-13(10)17/h3-7,15-17H,1-2H3. The number of esters is 1. The number of rotatable bonds is 3. The highest BCUT2D eigenvalue weighted by Crippen LogP contribution is 2.34. The van der Waals surface area contributed by atoms with E-state index in [0.717, 1.165) is 5.56 Å². The van der Waals surface area contributed by atoms with Gasteiger partial charge < -0.3 is 20.2 Å². The number of aromatic nitrogens is 1. The first-order valence-electron chi connectivity index (χ1n) is 5.70. The van der Waals surface area contributed by atoms with Crippen LogP contribution in [0.2, 0.25) is 0 Å². The molecule has 0 saturated carbocycles. The van der Waals surface area contributed by atoms with Crippen molar-refractivity contribution in [3.8, 4) is 17.0 Å². The molecule has 0 amide bonds. The van der Waals surface area contributed by atoms with E-state index in [-0.39, 0.29) is 17.3 Å². The fourth-order valence-corrected chi connectivity index (χ4v) is 2.00. The Labute approximate surface area is 110 Å². The third-order valence-electron chi connectivity index (χ3n) is 2.81. The molecule has 0 unspecified atom stereocenters. The maximum absolute atomic E-state index is 11.8. The van der Waals surface area contributed by atoms with Gasteiger partial charge in [0, 0.05) is 11.3 Å². The van der Waals surface area contributed by atoms with Crippen molar-refractivity contribution < 1.29 is 14.6 Å². The van der Waals surface area contributed by atoms with Crippen molar-refractivity contribution >= 4 is 11.7 Å². The zero-order valence-corrected chi connectivity index (χ0v) is 10.7. The van der Waals surface area contributed by atoms with Gasteiger partial charge in [0.25, 0.3) is 0 Å². The monoisotopic (exact) mass is 258 g/mol. The van der Waals surface area contributed by atoms with Gasteiger partial charge >= 0.3 is 5.97 Å². The van der Waals surface area contributed by atoms with Gasteiger partial charge in [-0.15, -0.1) is 0 Å². The number of aromatic amines is 1. The number of nitrogens with one attached hydrogen (secondary N) is 2. The average Bonchev–Trinajstić information content (AvgIpc) is 2.76. The first-order valence-corrected chi connectivity index (χ1v) is 5.70. The summed E-state index contributed by atoms with van der Waals surface area (Å²) in [6, 6.07) is 9.11. The molecular formula is C14H14N2O3. The van der Waals surface area contributed by atoms with Crippen molar-refractivity contribution in [1.29, 1.82) is 5.41 Å². The maximum Gasteiger partial charge on any atom is 0.355 e. The van der Waals surface area contributed by atoms with Crippen LogP contribution in [0.5, 0.6) is 5.88 Å². The van der Waals surface area contributed by atoms with Crippen LogP contribution in [0.25, 0.3) is 11.1 Å². The van der Waals surface area contributed by atoms with E-state index in [4.69, 9.17) is 10.1 Å². The summed E-state index contributed by atoms with van der Waals surface area (Å²) in [5.41, 5.74) is 1.85. The number of hydrogen-bond acceptors (Lipinski definition) is 4. The summed E-state index contributed by atoms with van der Waals surface area (Å²) in [4.78, 5) is 14.3. The molecule has 0 radical (unpaired) electrons. The van der Waals surface area contributed by atoms with Crippen LogP contribution in [0.4, 0.5) is 0 Å². The third-order valence-corrected chi connectivity index (χ3v) is 2.81. The Morgan fingerprint density at radius 3 is 2.47 bits per heavy atom. The molecule has 2 rings (SSSR count). The van der Waals surface area contributed by atoms with E-state index in [0.29, 0.717) is 11.1 Å². The van der Waals surface area contributed by atoms with E-state index in [1.54, 1.807) is 6.92 Å². The fraction of sp³-hybridized carbons (Fsp3) is 0.143. The second-order valence-corrected chi connectivity index (χ2v) is 4.08. The van der Waals surface area contributed by atoms with Gasteiger partial charge in [-0.05, 0) is 12.5 Å². The van der Waals surface area contributed by atoms with Crippen LogP contribution in [0.15, 0.2) is 30.3 Å². The molecule has 0 aliphatic rings. The van der Waals surface area contributed by atoms with E-state index in [9.17, 15) is 9.90 Å². The number of carbonyl (C=O) groups excluding carboxylic acids is 1. The summed E-state index contributed by atoms with van der Waals surface area (Å²) in [5.74, 6) is -0.784. The number of ether oxygens (including phenoxy) is 1. The van der Waals surface area contributed by atoms with Gasteiger partial charge in [0.1, 0.15) is 5.69 Å². The lowest BCUT2D eigenvalue weighted by molar-refractivity contribution is 0.0595. The maximum atomic E-state index is 11.8. The van der Waals surface area contributed by atoms with Crippen molar-refractivity contribution in [2.45, 2.75) is 6.92 Å². The molecule has 3 N–H and O–H groups in total. The zero-order chi connectivity index (χ0) is 14.0. The number of aromatic hydroxyl groups is 1. The van der Waals surface area contributed by atoms with Gasteiger partial charge in [-0.25, -0.2) is 4.79 Å². The SMILES string of the molecule is COC(=O)c1[nH]c(O)c(C(C)=N)c1-c1ccccc1. The molecule has 5 nitrogen and oxygen atoms in total. The minimum absolute atomic E-state index is 0.146. The minimum Gasteiger partial charge on any atom is -0.494 e. The topological polar surface area (TPSA) is 86.2 Å². The van der Waals surface area contributed by atoms with Gasteiger partial charge in [0.15, 0.2) is 5.88 Å². The first kappa shape index (κ1) is 12.9. The van der Waals surface area contributed by atoms with E-state index in [1.165, 1.54) is 7.11 Å². The molecule has 0 bridgehead atoms. The minimum atomic E-state index is -0.582. The Balaban J connectivity index is 2.75. The van der Waals surface area contributed by atoms with Crippen molar-refractivity contribution in [3.63, 3.8) is 0 Å². The molecule has 0 spiro atoms. The number of benzene rings is 1. The van der Waals surface area contributed by atoms with Gasteiger partial charge in [0.05, 0.1) is 12.7 Å². The lowest BCUT2D eigenvalue weighted by Gasteiger charge is -2.05. The van der Waals surface area contributed by atoms with Crippen LogP contribution in [-0.4, -0.2) is 28.9 Å². The van der Waals surface area contributed by atoms with Crippen molar-refractivity contribution in [1.82, 2.24) is 4.98 Å². The number of H-pyrrole nitrogens is 1. The van der Waals surface area contributed by atoms with Crippen LogP contribution in [-0.2, 0) is 4.74 Å². The molecule has 1 aromatic heterocycles. The molecule has 98 valence electrons. The lowest BCUT2D eigenvalue weighted by Crippen LogP contribution is -2.04. The molecule has 1 heterocycles. The van der Waals surface area contributed by atoms with Crippen molar-refractivity contribution in [2.75, 3.05) is 7.11 Å². The third kappa shape index (κ3) is 2.22. The predicted octanol–water partition coefficient (Wildman–Crippen LogP) is 2.56. The summed E-state index contributed by atoms with van der Waals surface area (Å²) < 4.78 is 4.69. The van der Waals surface area contributed by atoms with Gasteiger partial charge in [-0.2, -0.15) is 0 Å². The second kappa shape index (κ2) is 4.97. The van der Waals surface area contributed by atoms with E-state index >= 15 is 0 Å². The summed E-state index contributed by atoms with van der Waals surface area (Å²) in [6.07, 6.45) is 0.